The maximum atomic E-state index is 11.3. The van der Waals surface area contributed by atoms with E-state index < -0.39 is 23.3 Å². The van der Waals surface area contributed by atoms with Crippen LogP contribution in [-0.2, 0) is 4.79 Å². The van der Waals surface area contributed by atoms with Crippen LogP contribution in [0.25, 0.3) is 0 Å². The smallest absolute Gasteiger partial charge is 0.322 e. The van der Waals surface area contributed by atoms with Gasteiger partial charge in [-0.25, -0.2) is 0 Å². The van der Waals surface area contributed by atoms with Crippen LogP contribution in [0, 0.1) is 10.1 Å². The van der Waals surface area contributed by atoms with Crippen molar-refractivity contribution in [3.05, 3.63) is 39.9 Å². The van der Waals surface area contributed by atoms with Crippen LogP contribution >= 0.6 is 0 Å². The molecular formula is C11H14N2O5. The second-order valence-corrected chi connectivity index (χ2v) is 2.88. The summed E-state index contributed by atoms with van der Waals surface area (Å²) in [6, 6.07) is 5.04. The molecule has 18 heavy (non-hydrogen) atoms. The average Bonchev–Trinajstić information content (AvgIpc) is 2.38. The van der Waals surface area contributed by atoms with Gasteiger partial charge in [0.15, 0.2) is 0 Å². The van der Waals surface area contributed by atoms with Gasteiger partial charge in [-0.15, -0.1) is 0 Å². The Balaban J connectivity index is 0.00000137. The number of aliphatic carboxylic acids is 1. The molecule has 0 atom stereocenters. The van der Waals surface area contributed by atoms with Crippen molar-refractivity contribution in [2.75, 3.05) is 6.54 Å². The predicted molar refractivity (Wildman–Crippen MR) is 64.4 cm³/mol. The number of nitrogens with zero attached hydrogens (tertiary/aromatic N) is 1. The normalized spacial score (nSPS) is 8.78. The maximum Gasteiger partial charge on any atom is 0.322 e. The number of carbonyl (C=O) groups is 2. The molecule has 0 fully saturated rings. The largest absolute Gasteiger partial charge is 0.480 e. The van der Waals surface area contributed by atoms with Crippen LogP contribution in [0.2, 0.25) is 0 Å². The first-order chi connectivity index (χ1) is 8.50. The van der Waals surface area contributed by atoms with Gasteiger partial charge in [0.1, 0.15) is 6.54 Å². The number of benzene rings is 1. The van der Waals surface area contributed by atoms with E-state index in [4.69, 9.17) is 5.11 Å². The summed E-state index contributed by atoms with van der Waals surface area (Å²) in [5, 5.41) is 20.9. The molecule has 0 aromatic heterocycles. The highest BCUT2D eigenvalue weighted by Gasteiger charge is 2.11. The van der Waals surface area contributed by atoms with Crippen LogP contribution in [0.15, 0.2) is 24.3 Å². The summed E-state index contributed by atoms with van der Waals surface area (Å²) >= 11 is 0. The number of nitrogens with one attached hydrogen (secondary N) is 1. The van der Waals surface area contributed by atoms with E-state index in [-0.39, 0.29) is 11.3 Å². The quantitative estimate of drug-likeness (QED) is 0.624. The fraction of sp³-hybridized carbons (Fsp3) is 0.273. The molecule has 7 heteroatoms. The first-order valence-corrected chi connectivity index (χ1v) is 5.25. The summed E-state index contributed by atoms with van der Waals surface area (Å²) in [5.41, 5.74) is -0.168. The topological polar surface area (TPSA) is 110 Å². The molecule has 0 aliphatic heterocycles. The van der Waals surface area contributed by atoms with Crippen LogP contribution < -0.4 is 5.32 Å². The number of carbonyl (C=O) groups excluding carboxylic acids is 1. The minimum Gasteiger partial charge on any atom is -0.480 e. The van der Waals surface area contributed by atoms with Gasteiger partial charge in [0, 0.05) is 17.7 Å². The number of nitro groups is 1. The Morgan fingerprint density at radius 3 is 2.50 bits per heavy atom. The van der Waals surface area contributed by atoms with Gasteiger partial charge in [-0.05, 0) is 6.07 Å². The average molecular weight is 254 g/mol. The lowest BCUT2D eigenvalue weighted by Gasteiger charge is -2.01. The summed E-state index contributed by atoms with van der Waals surface area (Å²) in [6.07, 6.45) is 0. The van der Waals surface area contributed by atoms with E-state index in [1.54, 1.807) is 0 Å². The van der Waals surface area contributed by atoms with Crippen molar-refractivity contribution >= 4 is 17.6 Å². The minimum absolute atomic E-state index is 0.0513. The lowest BCUT2D eigenvalue weighted by Crippen LogP contribution is -2.29. The summed E-state index contributed by atoms with van der Waals surface area (Å²) in [6.45, 7) is 3.47. The van der Waals surface area contributed by atoms with Crippen molar-refractivity contribution in [3.63, 3.8) is 0 Å². The van der Waals surface area contributed by atoms with Crippen LogP contribution in [0.5, 0.6) is 0 Å². The molecule has 1 rings (SSSR count). The first-order valence-electron chi connectivity index (χ1n) is 5.25. The third kappa shape index (κ3) is 5.06. The molecule has 0 saturated carbocycles. The van der Waals surface area contributed by atoms with Gasteiger partial charge in [-0.3, -0.25) is 19.7 Å². The number of carboxylic acids is 1. The molecule has 0 saturated heterocycles. The zero-order valence-electron chi connectivity index (χ0n) is 10.0. The van der Waals surface area contributed by atoms with E-state index in [1.807, 2.05) is 13.8 Å². The van der Waals surface area contributed by atoms with E-state index in [1.165, 1.54) is 18.2 Å². The van der Waals surface area contributed by atoms with Gasteiger partial charge < -0.3 is 10.4 Å². The Labute approximate surface area is 104 Å². The number of carboxylic acid groups (broad SMARTS) is 1. The predicted octanol–water partition coefficient (Wildman–Crippen LogP) is 1.44. The fourth-order valence-corrected chi connectivity index (χ4v) is 1.02. The number of amides is 1. The number of nitro benzene ring substituents is 1. The lowest BCUT2D eigenvalue weighted by atomic mass is 10.2. The zero-order valence-corrected chi connectivity index (χ0v) is 10.0. The maximum absolute atomic E-state index is 11.3. The van der Waals surface area contributed by atoms with Crippen LogP contribution in [0.4, 0.5) is 5.69 Å². The number of rotatable bonds is 4. The summed E-state index contributed by atoms with van der Waals surface area (Å²) in [7, 11) is 0. The molecule has 0 heterocycles. The standard InChI is InChI=1S/C9H8N2O5.C2H6/c12-8(13)5-10-9(14)6-2-1-3-7(4-6)11(15)16;1-2/h1-4H,5H2,(H,10,14)(H,12,13);1-2H3. The summed E-state index contributed by atoms with van der Waals surface area (Å²) in [4.78, 5) is 31.3. The molecule has 0 unspecified atom stereocenters. The van der Waals surface area contributed by atoms with Crippen LogP contribution in [0.3, 0.4) is 0 Å². The van der Waals surface area contributed by atoms with Crippen molar-refractivity contribution in [1.29, 1.82) is 0 Å². The lowest BCUT2D eigenvalue weighted by molar-refractivity contribution is -0.384. The second-order valence-electron chi connectivity index (χ2n) is 2.88. The Bertz CT molecular complexity index is 445. The molecule has 0 spiro atoms. The third-order valence-corrected chi connectivity index (χ3v) is 1.72. The minimum atomic E-state index is -1.18. The second kappa shape index (κ2) is 7.77. The van der Waals surface area contributed by atoms with Crippen molar-refractivity contribution in [1.82, 2.24) is 5.32 Å². The van der Waals surface area contributed by atoms with Crippen molar-refractivity contribution < 1.29 is 19.6 Å². The molecule has 0 aliphatic rings. The van der Waals surface area contributed by atoms with Gasteiger partial charge in [0.05, 0.1) is 4.92 Å². The van der Waals surface area contributed by atoms with Crippen molar-refractivity contribution in [3.8, 4) is 0 Å². The van der Waals surface area contributed by atoms with Gasteiger partial charge in [0.25, 0.3) is 11.6 Å². The molecule has 7 nitrogen and oxygen atoms in total. The van der Waals surface area contributed by atoms with E-state index in [2.05, 4.69) is 5.32 Å². The number of non-ortho nitro benzene ring substituents is 1. The summed E-state index contributed by atoms with van der Waals surface area (Å²) in [5.74, 6) is -1.84. The Morgan fingerprint density at radius 1 is 1.39 bits per heavy atom. The molecule has 98 valence electrons. The van der Waals surface area contributed by atoms with Gasteiger partial charge >= 0.3 is 5.97 Å². The SMILES string of the molecule is CC.O=C(O)CNC(=O)c1cccc([N+](=O)[O-])c1. The molecule has 0 radical (unpaired) electrons. The summed E-state index contributed by atoms with van der Waals surface area (Å²) < 4.78 is 0. The molecule has 1 aromatic rings. The van der Waals surface area contributed by atoms with E-state index in [0.29, 0.717) is 0 Å². The van der Waals surface area contributed by atoms with E-state index in [0.717, 1.165) is 6.07 Å². The van der Waals surface area contributed by atoms with Gasteiger partial charge in [-0.1, -0.05) is 19.9 Å². The molecule has 1 aromatic carbocycles. The van der Waals surface area contributed by atoms with E-state index >= 15 is 0 Å². The number of hydrogen-bond donors (Lipinski definition) is 2. The van der Waals surface area contributed by atoms with Gasteiger partial charge in [0.2, 0.25) is 0 Å². The molecule has 0 aliphatic carbocycles. The number of hydrogen-bond acceptors (Lipinski definition) is 4. The monoisotopic (exact) mass is 254 g/mol. The fourth-order valence-electron chi connectivity index (χ4n) is 1.02. The van der Waals surface area contributed by atoms with Gasteiger partial charge in [-0.2, -0.15) is 0 Å². The Hall–Kier alpha value is -2.44. The van der Waals surface area contributed by atoms with Crippen LogP contribution in [0.1, 0.15) is 24.2 Å². The first kappa shape index (κ1) is 15.6. The molecule has 2 N–H and O–H groups in total. The van der Waals surface area contributed by atoms with E-state index in [9.17, 15) is 19.7 Å². The highest BCUT2D eigenvalue weighted by Crippen LogP contribution is 2.12. The molecule has 1 amide bonds. The third-order valence-electron chi connectivity index (χ3n) is 1.72. The molecular weight excluding hydrogens is 240 g/mol. The highest BCUT2D eigenvalue weighted by molar-refractivity contribution is 5.96. The Morgan fingerprint density at radius 2 is 2.00 bits per heavy atom. The highest BCUT2D eigenvalue weighted by atomic mass is 16.6. The zero-order chi connectivity index (χ0) is 14.1. The van der Waals surface area contributed by atoms with Crippen molar-refractivity contribution in [2.24, 2.45) is 0 Å². The molecule has 0 bridgehead atoms. The van der Waals surface area contributed by atoms with Crippen LogP contribution in [-0.4, -0.2) is 28.5 Å². The Kier molecular flexibility index (Phi) is 6.72. The van der Waals surface area contributed by atoms with Crippen molar-refractivity contribution in [2.45, 2.75) is 13.8 Å².